The second-order valence-corrected chi connectivity index (χ2v) is 5.87. The molecular weight excluding hydrogens is 328 g/mol. The van der Waals surface area contributed by atoms with Crippen LogP contribution >= 0.6 is 15.9 Å². The third-order valence-electron chi connectivity index (χ3n) is 3.32. The lowest BCUT2D eigenvalue weighted by Crippen LogP contribution is -2.30. The summed E-state index contributed by atoms with van der Waals surface area (Å²) in [6.07, 6.45) is 1.11. The van der Waals surface area contributed by atoms with Crippen molar-refractivity contribution in [3.8, 4) is 5.75 Å². The first-order valence-corrected chi connectivity index (χ1v) is 7.86. The summed E-state index contributed by atoms with van der Waals surface area (Å²) < 4.78 is 6.86. The first-order valence-electron chi connectivity index (χ1n) is 7.07. The number of hydrogen-bond acceptors (Lipinski definition) is 3. The van der Waals surface area contributed by atoms with Crippen LogP contribution in [0.1, 0.15) is 17.5 Å². The highest BCUT2D eigenvalue weighted by Crippen LogP contribution is 2.18. The largest absolute Gasteiger partial charge is 0.489 e. The molecule has 2 aromatic rings. The van der Waals surface area contributed by atoms with E-state index in [2.05, 4.69) is 50.5 Å². The molecule has 0 saturated carbocycles. The Labute approximate surface area is 133 Å². The summed E-state index contributed by atoms with van der Waals surface area (Å²) in [5.74, 6) is 1.86. The van der Waals surface area contributed by atoms with E-state index < -0.39 is 0 Å². The number of amidine groups is 1. The molecule has 3 rings (SSSR count). The molecule has 0 spiro atoms. The van der Waals surface area contributed by atoms with Crippen molar-refractivity contribution in [3.63, 3.8) is 0 Å². The molecule has 0 fully saturated rings. The van der Waals surface area contributed by atoms with E-state index in [0.717, 1.165) is 46.7 Å². The van der Waals surface area contributed by atoms with Crippen LogP contribution in [0.15, 0.2) is 58.0 Å². The fraction of sp³-hybridized carbons (Fsp3) is 0.235. The Bertz CT molecular complexity index is 637. The Kier molecular flexibility index (Phi) is 4.55. The fourth-order valence-corrected chi connectivity index (χ4v) is 2.50. The van der Waals surface area contributed by atoms with Crippen molar-refractivity contribution in [2.75, 3.05) is 13.1 Å². The smallest absolute Gasteiger partial charge is 0.128 e. The Hall–Kier alpha value is -1.81. The van der Waals surface area contributed by atoms with Gasteiger partial charge in [-0.25, -0.2) is 0 Å². The zero-order valence-corrected chi connectivity index (χ0v) is 13.3. The minimum Gasteiger partial charge on any atom is -0.489 e. The van der Waals surface area contributed by atoms with E-state index >= 15 is 0 Å². The molecule has 0 aliphatic carbocycles. The van der Waals surface area contributed by atoms with Crippen LogP contribution in [0.2, 0.25) is 0 Å². The van der Waals surface area contributed by atoms with Crippen LogP contribution in [-0.4, -0.2) is 18.9 Å². The number of halogens is 1. The Balaban J connectivity index is 1.68. The van der Waals surface area contributed by atoms with Crippen molar-refractivity contribution in [2.45, 2.75) is 13.0 Å². The number of hydrogen-bond donors (Lipinski definition) is 1. The molecule has 0 aromatic heterocycles. The summed E-state index contributed by atoms with van der Waals surface area (Å²) in [4.78, 5) is 4.53. The molecule has 3 nitrogen and oxygen atoms in total. The lowest BCUT2D eigenvalue weighted by molar-refractivity contribution is 0.306. The number of ether oxygens (including phenoxy) is 1. The Morgan fingerprint density at radius 1 is 1.14 bits per heavy atom. The third kappa shape index (κ3) is 3.85. The van der Waals surface area contributed by atoms with Gasteiger partial charge in [0, 0.05) is 23.1 Å². The number of benzene rings is 2. The maximum atomic E-state index is 5.81. The van der Waals surface area contributed by atoms with Crippen molar-refractivity contribution in [1.82, 2.24) is 5.32 Å². The molecule has 1 heterocycles. The van der Waals surface area contributed by atoms with Gasteiger partial charge in [-0.2, -0.15) is 0 Å². The van der Waals surface area contributed by atoms with Gasteiger partial charge in [-0.1, -0.05) is 34.1 Å². The van der Waals surface area contributed by atoms with E-state index in [1.807, 2.05) is 24.3 Å². The highest BCUT2D eigenvalue weighted by molar-refractivity contribution is 9.10. The van der Waals surface area contributed by atoms with Gasteiger partial charge in [0.2, 0.25) is 0 Å². The molecular formula is C17H17BrN2O. The van der Waals surface area contributed by atoms with Gasteiger partial charge in [-0.3, -0.25) is 4.99 Å². The van der Waals surface area contributed by atoms with Crippen LogP contribution < -0.4 is 10.1 Å². The molecule has 0 atom stereocenters. The van der Waals surface area contributed by atoms with E-state index in [9.17, 15) is 0 Å². The maximum Gasteiger partial charge on any atom is 0.128 e. The average molecular weight is 345 g/mol. The highest BCUT2D eigenvalue weighted by atomic mass is 79.9. The Morgan fingerprint density at radius 2 is 2.00 bits per heavy atom. The van der Waals surface area contributed by atoms with E-state index in [1.165, 1.54) is 0 Å². The van der Waals surface area contributed by atoms with Crippen molar-refractivity contribution in [2.24, 2.45) is 4.99 Å². The van der Waals surface area contributed by atoms with Gasteiger partial charge >= 0.3 is 0 Å². The molecule has 0 radical (unpaired) electrons. The van der Waals surface area contributed by atoms with Crippen molar-refractivity contribution in [3.05, 3.63) is 64.1 Å². The molecule has 1 N–H and O–H groups in total. The van der Waals surface area contributed by atoms with Gasteiger partial charge in [-0.05, 0) is 42.3 Å². The normalized spacial score (nSPS) is 14.2. The minimum atomic E-state index is 0.558. The summed E-state index contributed by atoms with van der Waals surface area (Å²) >= 11 is 3.42. The van der Waals surface area contributed by atoms with E-state index in [0.29, 0.717) is 6.61 Å². The summed E-state index contributed by atoms with van der Waals surface area (Å²) in [6.45, 7) is 2.46. The van der Waals surface area contributed by atoms with E-state index in [1.54, 1.807) is 0 Å². The highest BCUT2D eigenvalue weighted by Gasteiger charge is 2.07. The molecule has 0 unspecified atom stereocenters. The second kappa shape index (κ2) is 6.76. The van der Waals surface area contributed by atoms with Gasteiger partial charge < -0.3 is 10.1 Å². The molecule has 0 bridgehead atoms. The molecule has 1 aliphatic heterocycles. The molecule has 108 valence electrons. The quantitative estimate of drug-likeness (QED) is 0.915. The lowest BCUT2D eigenvalue weighted by atomic mass is 10.1. The molecule has 21 heavy (non-hydrogen) atoms. The zero-order chi connectivity index (χ0) is 14.5. The first kappa shape index (κ1) is 14.1. The standard InChI is InChI=1S/C17H17BrN2O/c18-15-5-7-16(8-6-15)21-12-13-3-1-4-14(11-13)17-19-9-2-10-20-17/h1,3-8,11H,2,9-10,12H2,(H,19,20). The van der Waals surface area contributed by atoms with Crippen molar-refractivity contribution < 1.29 is 4.74 Å². The molecule has 0 amide bonds. The van der Waals surface area contributed by atoms with Crippen LogP contribution in [0.3, 0.4) is 0 Å². The van der Waals surface area contributed by atoms with E-state index in [4.69, 9.17) is 4.74 Å². The topological polar surface area (TPSA) is 33.6 Å². The predicted octanol–water partition coefficient (Wildman–Crippen LogP) is 3.77. The van der Waals surface area contributed by atoms with Crippen LogP contribution in [0.5, 0.6) is 5.75 Å². The molecule has 0 saturated heterocycles. The molecule has 1 aliphatic rings. The first-order chi connectivity index (χ1) is 10.3. The summed E-state index contributed by atoms with van der Waals surface area (Å²) in [7, 11) is 0. The van der Waals surface area contributed by atoms with Gasteiger partial charge in [0.1, 0.15) is 18.2 Å². The number of rotatable bonds is 4. The van der Waals surface area contributed by atoms with Crippen LogP contribution in [0.25, 0.3) is 0 Å². The maximum absolute atomic E-state index is 5.81. The van der Waals surface area contributed by atoms with Crippen molar-refractivity contribution in [1.29, 1.82) is 0 Å². The van der Waals surface area contributed by atoms with Gasteiger partial charge in [0.25, 0.3) is 0 Å². The monoisotopic (exact) mass is 344 g/mol. The third-order valence-corrected chi connectivity index (χ3v) is 3.85. The van der Waals surface area contributed by atoms with Gasteiger partial charge in [-0.15, -0.1) is 0 Å². The van der Waals surface area contributed by atoms with Gasteiger partial charge in [0.05, 0.1) is 0 Å². The van der Waals surface area contributed by atoms with E-state index in [-0.39, 0.29) is 0 Å². The number of nitrogens with zero attached hydrogens (tertiary/aromatic N) is 1. The average Bonchev–Trinajstić information content (AvgIpc) is 2.55. The summed E-state index contributed by atoms with van der Waals surface area (Å²) in [6, 6.07) is 16.2. The zero-order valence-electron chi connectivity index (χ0n) is 11.7. The molecule has 4 heteroatoms. The summed E-state index contributed by atoms with van der Waals surface area (Å²) in [5.41, 5.74) is 2.28. The Morgan fingerprint density at radius 3 is 2.76 bits per heavy atom. The van der Waals surface area contributed by atoms with Crippen LogP contribution in [0.4, 0.5) is 0 Å². The molecule has 2 aromatic carbocycles. The van der Waals surface area contributed by atoms with Crippen molar-refractivity contribution >= 4 is 21.8 Å². The summed E-state index contributed by atoms with van der Waals surface area (Å²) in [5, 5.41) is 3.35. The lowest BCUT2D eigenvalue weighted by Gasteiger charge is -2.15. The second-order valence-electron chi connectivity index (χ2n) is 4.95. The van der Waals surface area contributed by atoms with Crippen LogP contribution in [-0.2, 0) is 6.61 Å². The van der Waals surface area contributed by atoms with Crippen LogP contribution in [0, 0.1) is 0 Å². The predicted molar refractivity (Wildman–Crippen MR) is 88.9 cm³/mol. The SMILES string of the molecule is Brc1ccc(OCc2cccc(C3=NCCCN3)c2)cc1. The number of aliphatic imine (C=N–C) groups is 1. The number of nitrogens with one attached hydrogen (secondary N) is 1. The van der Waals surface area contributed by atoms with Gasteiger partial charge in [0.15, 0.2) is 0 Å². The minimum absolute atomic E-state index is 0.558. The fourth-order valence-electron chi connectivity index (χ4n) is 2.23.